The van der Waals surface area contributed by atoms with Crippen LogP contribution in [0.4, 0.5) is 0 Å². The van der Waals surface area contributed by atoms with E-state index in [1.165, 1.54) is 5.56 Å². The van der Waals surface area contributed by atoms with Gasteiger partial charge in [-0.05, 0) is 42.7 Å². The average molecular weight is 350 g/mol. The van der Waals surface area contributed by atoms with Gasteiger partial charge < -0.3 is 9.47 Å². The molecule has 1 aromatic heterocycles. The first kappa shape index (κ1) is 16.0. The molecule has 0 spiro atoms. The molecule has 0 unspecified atom stereocenters. The third kappa shape index (κ3) is 4.29. The quantitative estimate of drug-likeness (QED) is 0.772. The number of aromatic nitrogens is 1. The number of methoxy groups -OCH3 is 1. The summed E-state index contributed by atoms with van der Waals surface area (Å²) in [5.41, 5.74) is 4.40. The lowest BCUT2D eigenvalue weighted by Crippen LogP contribution is -2.03. The van der Waals surface area contributed by atoms with Gasteiger partial charge in [-0.3, -0.25) is 0 Å². The van der Waals surface area contributed by atoms with Gasteiger partial charge in [0.2, 0.25) is 5.88 Å². The molecule has 0 bridgehead atoms. The summed E-state index contributed by atoms with van der Waals surface area (Å²) in [5.74, 6) is 0.653. The van der Waals surface area contributed by atoms with Crippen LogP contribution in [0.3, 0.4) is 0 Å². The van der Waals surface area contributed by atoms with Gasteiger partial charge in [0.1, 0.15) is 0 Å². The number of benzene rings is 1. The molecule has 0 radical (unpaired) electrons. The number of pyridine rings is 1. The summed E-state index contributed by atoms with van der Waals surface area (Å²) in [6, 6.07) is 10.3. The third-order valence-electron chi connectivity index (χ3n) is 3.37. The van der Waals surface area contributed by atoms with E-state index in [0.717, 1.165) is 27.7 Å². The molecule has 0 saturated carbocycles. The third-order valence-corrected chi connectivity index (χ3v) is 3.90. The fourth-order valence-corrected chi connectivity index (χ4v) is 2.43. The van der Waals surface area contributed by atoms with Crippen molar-refractivity contribution in [1.82, 2.24) is 4.98 Å². The Kier molecular flexibility index (Phi) is 5.76. The van der Waals surface area contributed by atoms with Crippen LogP contribution in [0.1, 0.15) is 29.3 Å². The maximum Gasteiger partial charge on any atom is 0.218 e. The van der Waals surface area contributed by atoms with Gasteiger partial charge in [-0.25, -0.2) is 4.98 Å². The zero-order chi connectivity index (χ0) is 15.2. The summed E-state index contributed by atoms with van der Waals surface area (Å²) < 4.78 is 12.2. The van der Waals surface area contributed by atoms with Gasteiger partial charge in [-0.15, -0.1) is 0 Å². The Morgan fingerprint density at radius 1 is 1.10 bits per heavy atom. The molecule has 0 N–H and O–H groups in total. The minimum Gasteiger partial charge on any atom is -0.481 e. The highest BCUT2D eigenvalue weighted by Gasteiger charge is 2.09. The number of hydrogen-bond acceptors (Lipinski definition) is 3. The normalized spacial score (nSPS) is 10.7. The number of nitrogens with zero attached hydrogens (tertiary/aromatic N) is 1. The van der Waals surface area contributed by atoms with E-state index in [0.29, 0.717) is 19.1 Å². The van der Waals surface area contributed by atoms with Crippen LogP contribution in [0.25, 0.3) is 0 Å². The standard InChI is InChI=1S/C17H20BrNO2/c1-4-14-9-15(17(20-3)19-12(14)2)11-21-10-13-5-7-16(18)8-6-13/h5-9H,4,10-11H2,1-3H3. The van der Waals surface area contributed by atoms with Gasteiger partial charge in [0.05, 0.1) is 20.3 Å². The number of aryl methyl sites for hydroxylation is 2. The molecule has 4 heteroatoms. The molecule has 3 nitrogen and oxygen atoms in total. The smallest absolute Gasteiger partial charge is 0.218 e. The van der Waals surface area contributed by atoms with Gasteiger partial charge in [0, 0.05) is 15.7 Å². The second-order valence-electron chi connectivity index (χ2n) is 4.87. The average Bonchev–Trinajstić information content (AvgIpc) is 2.50. The molecular formula is C17H20BrNO2. The summed E-state index contributed by atoms with van der Waals surface area (Å²) in [6.07, 6.45) is 0.961. The fourth-order valence-electron chi connectivity index (χ4n) is 2.17. The highest BCUT2D eigenvalue weighted by atomic mass is 79.9. The van der Waals surface area contributed by atoms with Crippen LogP contribution in [0, 0.1) is 6.92 Å². The van der Waals surface area contributed by atoms with E-state index in [9.17, 15) is 0 Å². The molecule has 0 amide bonds. The van der Waals surface area contributed by atoms with E-state index in [2.05, 4.69) is 33.9 Å². The predicted molar refractivity (Wildman–Crippen MR) is 87.5 cm³/mol. The second kappa shape index (κ2) is 7.57. The van der Waals surface area contributed by atoms with Gasteiger partial charge in [0.15, 0.2) is 0 Å². The lowest BCUT2D eigenvalue weighted by molar-refractivity contribution is 0.105. The van der Waals surface area contributed by atoms with E-state index >= 15 is 0 Å². The van der Waals surface area contributed by atoms with E-state index in [4.69, 9.17) is 9.47 Å². The van der Waals surface area contributed by atoms with Crippen molar-refractivity contribution in [1.29, 1.82) is 0 Å². The minimum absolute atomic E-state index is 0.500. The summed E-state index contributed by atoms with van der Waals surface area (Å²) in [4.78, 5) is 4.49. The summed E-state index contributed by atoms with van der Waals surface area (Å²) in [7, 11) is 1.64. The first-order valence-electron chi connectivity index (χ1n) is 6.99. The van der Waals surface area contributed by atoms with E-state index in [1.54, 1.807) is 7.11 Å². The molecule has 112 valence electrons. The Balaban J connectivity index is 2.03. The van der Waals surface area contributed by atoms with Crippen molar-refractivity contribution in [3.05, 3.63) is 57.2 Å². The SMILES string of the molecule is CCc1cc(COCc2ccc(Br)cc2)c(OC)nc1C. The van der Waals surface area contributed by atoms with Gasteiger partial charge in [0.25, 0.3) is 0 Å². The predicted octanol–water partition coefficient (Wildman–Crippen LogP) is 4.44. The maximum atomic E-state index is 5.79. The topological polar surface area (TPSA) is 31.4 Å². The molecular weight excluding hydrogens is 330 g/mol. The van der Waals surface area contributed by atoms with Crippen LogP contribution < -0.4 is 4.74 Å². The molecule has 1 heterocycles. The first-order valence-corrected chi connectivity index (χ1v) is 7.79. The van der Waals surface area contributed by atoms with E-state index < -0.39 is 0 Å². The molecule has 0 atom stereocenters. The lowest BCUT2D eigenvalue weighted by Gasteiger charge is -2.12. The van der Waals surface area contributed by atoms with Crippen LogP contribution in [0.5, 0.6) is 5.88 Å². The van der Waals surface area contributed by atoms with Gasteiger partial charge in [-0.2, -0.15) is 0 Å². The molecule has 0 fully saturated rings. The Bertz CT molecular complexity index is 596. The van der Waals surface area contributed by atoms with Gasteiger partial charge >= 0.3 is 0 Å². The molecule has 0 aliphatic carbocycles. The van der Waals surface area contributed by atoms with Crippen LogP contribution in [0.15, 0.2) is 34.8 Å². The molecule has 21 heavy (non-hydrogen) atoms. The zero-order valence-corrected chi connectivity index (χ0v) is 14.2. The van der Waals surface area contributed by atoms with Crippen molar-refractivity contribution in [2.24, 2.45) is 0 Å². The number of halogens is 1. The highest BCUT2D eigenvalue weighted by molar-refractivity contribution is 9.10. The molecule has 2 aromatic rings. The van der Waals surface area contributed by atoms with Crippen molar-refractivity contribution < 1.29 is 9.47 Å². The largest absolute Gasteiger partial charge is 0.481 e. The lowest BCUT2D eigenvalue weighted by atomic mass is 10.1. The molecule has 0 saturated heterocycles. The number of hydrogen-bond donors (Lipinski definition) is 0. The van der Waals surface area contributed by atoms with Crippen LogP contribution in [0.2, 0.25) is 0 Å². The van der Waals surface area contributed by atoms with Crippen molar-refractivity contribution >= 4 is 15.9 Å². The number of ether oxygens (including phenoxy) is 2. The highest BCUT2D eigenvalue weighted by Crippen LogP contribution is 2.21. The summed E-state index contributed by atoms with van der Waals surface area (Å²) in [5, 5.41) is 0. The molecule has 0 aliphatic rings. The monoisotopic (exact) mass is 349 g/mol. The summed E-state index contributed by atoms with van der Waals surface area (Å²) >= 11 is 3.43. The van der Waals surface area contributed by atoms with Crippen molar-refractivity contribution in [3.8, 4) is 5.88 Å². The van der Waals surface area contributed by atoms with Crippen molar-refractivity contribution in [2.45, 2.75) is 33.5 Å². The van der Waals surface area contributed by atoms with Crippen molar-refractivity contribution in [3.63, 3.8) is 0 Å². The molecule has 2 rings (SSSR count). The number of rotatable bonds is 6. The van der Waals surface area contributed by atoms with Crippen LogP contribution in [-0.4, -0.2) is 12.1 Å². The molecule has 0 aliphatic heterocycles. The van der Waals surface area contributed by atoms with E-state index in [-0.39, 0.29) is 0 Å². The Hall–Kier alpha value is -1.39. The zero-order valence-electron chi connectivity index (χ0n) is 12.6. The second-order valence-corrected chi connectivity index (χ2v) is 5.79. The summed E-state index contributed by atoms with van der Waals surface area (Å²) in [6.45, 7) is 5.21. The van der Waals surface area contributed by atoms with Crippen LogP contribution in [-0.2, 0) is 24.4 Å². The minimum atomic E-state index is 0.500. The van der Waals surface area contributed by atoms with Crippen molar-refractivity contribution in [2.75, 3.05) is 7.11 Å². The maximum absolute atomic E-state index is 5.79. The first-order chi connectivity index (χ1) is 10.1. The Labute approximate surface area is 134 Å². The Morgan fingerprint density at radius 3 is 2.43 bits per heavy atom. The Morgan fingerprint density at radius 2 is 1.81 bits per heavy atom. The fraction of sp³-hybridized carbons (Fsp3) is 0.353. The molecule has 1 aromatic carbocycles. The van der Waals surface area contributed by atoms with E-state index in [1.807, 2.05) is 31.2 Å². The van der Waals surface area contributed by atoms with Crippen LogP contribution >= 0.6 is 15.9 Å². The van der Waals surface area contributed by atoms with Gasteiger partial charge in [-0.1, -0.05) is 35.0 Å².